The summed E-state index contributed by atoms with van der Waals surface area (Å²) < 4.78 is 0. The van der Waals surface area contributed by atoms with Gasteiger partial charge in [-0.2, -0.15) is 0 Å². The Hall–Kier alpha value is -0.200. The molecule has 4 N–H and O–H groups in total. The molecule has 0 aromatic heterocycles. The van der Waals surface area contributed by atoms with Gasteiger partial charge in [0.05, 0.1) is 12.7 Å². The minimum absolute atomic E-state index is 0.263. The summed E-state index contributed by atoms with van der Waals surface area (Å²) in [6, 6.07) is 0. The number of hydrogen-bond acceptors (Lipinski definition) is 5. The normalized spacial score (nSPS) is 14.5. The smallest absolute Gasteiger partial charge is 0.0949 e. The van der Waals surface area contributed by atoms with Crippen LogP contribution in [0.3, 0.4) is 0 Å². The first-order valence-electron chi connectivity index (χ1n) is 6.69. The molecule has 5 nitrogen and oxygen atoms in total. The molecule has 0 aromatic carbocycles. The second-order valence-corrected chi connectivity index (χ2v) is 5.75. The number of nitrogens with zero attached hydrogens (tertiary/aromatic N) is 2. The van der Waals surface area contributed by atoms with E-state index in [1.165, 1.54) is 0 Å². The first-order chi connectivity index (χ1) is 8.31. The summed E-state index contributed by atoms with van der Waals surface area (Å²) in [5.41, 5.74) is 5.61. The van der Waals surface area contributed by atoms with Crippen molar-refractivity contribution in [1.82, 2.24) is 9.80 Å². The summed E-state index contributed by atoms with van der Waals surface area (Å²) >= 11 is 0. The average Bonchev–Trinajstić information content (AvgIpc) is 2.26. The first-order valence-corrected chi connectivity index (χ1v) is 6.69. The molecule has 0 bridgehead atoms. The lowest BCUT2D eigenvalue weighted by Gasteiger charge is -2.34. The molecule has 0 aliphatic heterocycles. The maximum Gasteiger partial charge on any atom is 0.0949 e. The highest BCUT2D eigenvalue weighted by Crippen LogP contribution is 2.21. The Kier molecular flexibility index (Phi) is 8.73. The molecule has 0 aliphatic carbocycles. The molecule has 0 spiro atoms. The van der Waals surface area contributed by atoms with Crippen LogP contribution in [0.25, 0.3) is 0 Å². The summed E-state index contributed by atoms with van der Waals surface area (Å²) in [6.45, 7) is 1.63. The monoisotopic (exact) mass is 261 g/mol. The molecule has 0 aromatic rings. The van der Waals surface area contributed by atoms with Crippen molar-refractivity contribution in [2.45, 2.75) is 37.3 Å². The lowest BCUT2D eigenvalue weighted by atomic mass is 9.84. The van der Waals surface area contributed by atoms with E-state index in [1.807, 2.05) is 28.2 Å². The highest BCUT2D eigenvalue weighted by molar-refractivity contribution is 4.91. The maximum atomic E-state index is 9.91. The molecule has 1 unspecified atom stereocenters. The lowest BCUT2D eigenvalue weighted by Crippen LogP contribution is -2.53. The zero-order chi connectivity index (χ0) is 14.2. The highest BCUT2D eigenvalue weighted by atomic mass is 16.3. The van der Waals surface area contributed by atoms with Crippen LogP contribution in [0.5, 0.6) is 0 Å². The van der Waals surface area contributed by atoms with Gasteiger partial charge in [0.15, 0.2) is 0 Å². The summed E-state index contributed by atoms with van der Waals surface area (Å²) in [5, 5.41) is 19.0. The van der Waals surface area contributed by atoms with Gasteiger partial charge >= 0.3 is 0 Å². The van der Waals surface area contributed by atoms with Crippen LogP contribution in [0, 0.1) is 0 Å². The minimum atomic E-state index is -0.832. The van der Waals surface area contributed by atoms with E-state index in [9.17, 15) is 5.11 Å². The van der Waals surface area contributed by atoms with Crippen LogP contribution in [-0.4, -0.2) is 79.5 Å². The summed E-state index contributed by atoms with van der Waals surface area (Å²) in [6.07, 6.45) is 2.51. The van der Waals surface area contributed by atoms with Crippen molar-refractivity contribution >= 4 is 0 Å². The molecule has 0 fully saturated rings. The zero-order valence-electron chi connectivity index (χ0n) is 12.4. The van der Waals surface area contributed by atoms with Crippen LogP contribution in [0.4, 0.5) is 0 Å². The number of aliphatic hydroxyl groups excluding tert-OH is 2. The van der Waals surface area contributed by atoms with Crippen LogP contribution in [0.2, 0.25) is 0 Å². The Morgan fingerprint density at radius 2 is 1.39 bits per heavy atom. The molecule has 110 valence electrons. The van der Waals surface area contributed by atoms with E-state index in [-0.39, 0.29) is 6.61 Å². The van der Waals surface area contributed by atoms with Crippen molar-refractivity contribution in [2.24, 2.45) is 5.73 Å². The Morgan fingerprint density at radius 3 is 1.67 bits per heavy atom. The highest BCUT2D eigenvalue weighted by Gasteiger charge is 2.32. The Balaban J connectivity index is 4.24. The van der Waals surface area contributed by atoms with Gasteiger partial charge < -0.3 is 25.7 Å². The van der Waals surface area contributed by atoms with Gasteiger partial charge in [-0.3, -0.25) is 0 Å². The van der Waals surface area contributed by atoms with Gasteiger partial charge in [0.1, 0.15) is 0 Å². The van der Waals surface area contributed by atoms with Gasteiger partial charge in [-0.05, 0) is 67.0 Å². The predicted molar refractivity (Wildman–Crippen MR) is 75.6 cm³/mol. The Bertz CT molecular complexity index is 196. The predicted octanol–water partition coefficient (Wildman–Crippen LogP) is -0.279. The molecule has 0 aliphatic rings. The SMILES string of the molecule is CN(C)CCCC(N)(CCCN(C)C)C(O)CO. The fraction of sp³-hybridized carbons (Fsp3) is 1.00. The van der Waals surface area contributed by atoms with Crippen LogP contribution in [0.1, 0.15) is 25.7 Å². The van der Waals surface area contributed by atoms with Gasteiger partial charge in [-0.25, -0.2) is 0 Å². The van der Waals surface area contributed by atoms with Crippen LogP contribution in [-0.2, 0) is 0 Å². The van der Waals surface area contributed by atoms with E-state index >= 15 is 0 Å². The number of hydrogen-bond donors (Lipinski definition) is 3. The quantitative estimate of drug-likeness (QED) is 0.504. The average molecular weight is 261 g/mol. The number of rotatable bonds is 10. The van der Waals surface area contributed by atoms with E-state index in [1.54, 1.807) is 0 Å². The zero-order valence-corrected chi connectivity index (χ0v) is 12.4. The fourth-order valence-electron chi connectivity index (χ4n) is 2.09. The molecule has 1 atom stereocenters. The van der Waals surface area contributed by atoms with Gasteiger partial charge in [-0.15, -0.1) is 0 Å². The Labute approximate surface area is 112 Å². The van der Waals surface area contributed by atoms with Crippen molar-refractivity contribution in [1.29, 1.82) is 0 Å². The van der Waals surface area contributed by atoms with Crippen LogP contribution in [0.15, 0.2) is 0 Å². The van der Waals surface area contributed by atoms with Gasteiger partial charge in [0, 0.05) is 5.54 Å². The maximum absolute atomic E-state index is 9.91. The Morgan fingerprint density at radius 1 is 1.00 bits per heavy atom. The van der Waals surface area contributed by atoms with Crippen molar-refractivity contribution in [3.05, 3.63) is 0 Å². The summed E-state index contributed by atoms with van der Waals surface area (Å²) in [7, 11) is 8.08. The van der Waals surface area contributed by atoms with E-state index < -0.39 is 11.6 Å². The third-order valence-corrected chi connectivity index (χ3v) is 3.33. The van der Waals surface area contributed by atoms with Gasteiger partial charge in [0.2, 0.25) is 0 Å². The minimum Gasteiger partial charge on any atom is -0.394 e. The third-order valence-electron chi connectivity index (χ3n) is 3.33. The molecule has 5 heteroatoms. The molecular weight excluding hydrogens is 230 g/mol. The molecular formula is C13H31N3O2. The molecule has 0 heterocycles. The molecule has 0 rings (SSSR count). The van der Waals surface area contributed by atoms with Crippen molar-refractivity contribution < 1.29 is 10.2 Å². The third kappa shape index (κ3) is 7.28. The topological polar surface area (TPSA) is 73.0 Å². The molecule has 0 amide bonds. The molecule has 0 saturated heterocycles. The van der Waals surface area contributed by atoms with Gasteiger partial charge in [0.25, 0.3) is 0 Å². The van der Waals surface area contributed by atoms with Crippen LogP contribution >= 0.6 is 0 Å². The van der Waals surface area contributed by atoms with E-state index in [4.69, 9.17) is 10.8 Å². The lowest BCUT2D eigenvalue weighted by molar-refractivity contribution is 0.0195. The first kappa shape index (κ1) is 17.8. The largest absolute Gasteiger partial charge is 0.394 e. The van der Waals surface area contributed by atoms with E-state index in [0.717, 1.165) is 38.8 Å². The fourth-order valence-corrected chi connectivity index (χ4v) is 2.09. The van der Waals surface area contributed by atoms with Crippen molar-refractivity contribution in [3.8, 4) is 0 Å². The van der Waals surface area contributed by atoms with E-state index in [2.05, 4.69) is 9.80 Å². The standard InChI is InChI=1S/C13H31N3O2/c1-15(2)9-5-7-13(14,12(18)11-17)8-6-10-16(3)4/h12,17-18H,5-11,14H2,1-4H3. The number of nitrogens with two attached hydrogens (primary N) is 1. The number of aliphatic hydroxyl groups is 2. The summed E-state index contributed by atoms with van der Waals surface area (Å²) in [4.78, 5) is 4.21. The van der Waals surface area contributed by atoms with E-state index in [0.29, 0.717) is 0 Å². The second kappa shape index (κ2) is 8.82. The van der Waals surface area contributed by atoms with Gasteiger partial charge in [-0.1, -0.05) is 0 Å². The van der Waals surface area contributed by atoms with Crippen molar-refractivity contribution in [2.75, 3.05) is 47.9 Å². The molecule has 18 heavy (non-hydrogen) atoms. The molecule has 0 saturated carbocycles. The molecule has 0 radical (unpaired) electrons. The summed E-state index contributed by atoms with van der Waals surface area (Å²) in [5.74, 6) is 0. The van der Waals surface area contributed by atoms with Crippen LogP contribution < -0.4 is 5.73 Å². The van der Waals surface area contributed by atoms with Crippen molar-refractivity contribution in [3.63, 3.8) is 0 Å². The second-order valence-electron chi connectivity index (χ2n) is 5.75.